The highest BCUT2D eigenvalue weighted by atomic mass is 16.6. The zero-order chi connectivity index (χ0) is 26.7. The molecule has 0 aliphatic heterocycles. The van der Waals surface area contributed by atoms with Gasteiger partial charge in [-0.3, -0.25) is 0 Å². The molecule has 2 atom stereocenters. The molecule has 7 heteroatoms. The van der Waals surface area contributed by atoms with Crippen LogP contribution in [0.25, 0.3) is 0 Å². The molecule has 206 valence electrons. The van der Waals surface area contributed by atoms with Crippen LogP contribution in [0.15, 0.2) is 42.5 Å². The number of benzene rings is 2. The van der Waals surface area contributed by atoms with E-state index in [1.165, 1.54) is 31.4 Å². The predicted octanol–water partition coefficient (Wildman–Crippen LogP) is 6.06. The van der Waals surface area contributed by atoms with Crippen molar-refractivity contribution in [3.05, 3.63) is 59.2 Å². The Morgan fingerprint density at radius 1 is 0.711 bits per heavy atom. The third kappa shape index (κ3) is 8.22. The molecule has 2 unspecified atom stereocenters. The number of hydrogen-bond donors (Lipinski definition) is 2. The fourth-order valence-corrected chi connectivity index (χ4v) is 5.74. The summed E-state index contributed by atoms with van der Waals surface area (Å²) in [5.41, 5.74) is 1.44. The van der Waals surface area contributed by atoms with Crippen molar-refractivity contribution in [2.75, 3.05) is 26.4 Å². The lowest BCUT2D eigenvalue weighted by atomic mass is 9.79. The summed E-state index contributed by atoms with van der Waals surface area (Å²) < 4.78 is 16.6. The Balaban J connectivity index is 1.19. The summed E-state index contributed by atoms with van der Waals surface area (Å²) in [5.74, 6) is 0.225. The van der Waals surface area contributed by atoms with Crippen LogP contribution in [0.3, 0.4) is 0 Å². The van der Waals surface area contributed by atoms with Crippen LogP contribution in [0.2, 0.25) is 0 Å². The number of aromatic hydroxyl groups is 2. The van der Waals surface area contributed by atoms with Crippen LogP contribution in [-0.2, 0) is 20.6 Å². The highest BCUT2D eigenvalue weighted by Crippen LogP contribution is 2.33. The van der Waals surface area contributed by atoms with Crippen LogP contribution in [-0.4, -0.2) is 48.6 Å². The Labute approximate surface area is 225 Å². The van der Waals surface area contributed by atoms with Gasteiger partial charge in [-0.1, -0.05) is 50.3 Å². The first-order valence-corrected chi connectivity index (χ1v) is 14.0. The summed E-state index contributed by atoms with van der Waals surface area (Å²) in [6.45, 7) is 1.49. The second kappa shape index (κ2) is 14.2. The number of hydrogen-bond acceptors (Lipinski definition) is 7. The van der Waals surface area contributed by atoms with Crippen molar-refractivity contribution in [1.82, 2.24) is 0 Å². The average molecular weight is 525 g/mol. The van der Waals surface area contributed by atoms with Crippen molar-refractivity contribution < 1.29 is 34.0 Å². The SMILES string of the molecule is O=C(OCCOCC1CCCC(Cc2ccc(O)c(C(=O)OCC3CCCCC3)c2)C1)c1ccccc1O. The molecule has 2 saturated carbocycles. The number of phenols is 2. The summed E-state index contributed by atoms with van der Waals surface area (Å²) in [4.78, 5) is 24.7. The van der Waals surface area contributed by atoms with E-state index in [9.17, 15) is 19.8 Å². The van der Waals surface area contributed by atoms with Gasteiger partial charge in [0, 0.05) is 6.61 Å². The monoisotopic (exact) mass is 524 g/mol. The van der Waals surface area contributed by atoms with Crippen LogP contribution >= 0.6 is 0 Å². The van der Waals surface area contributed by atoms with E-state index in [1.807, 2.05) is 6.07 Å². The smallest absolute Gasteiger partial charge is 0.341 e. The number of para-hydroxylation sites is 1. The topological polar surface area (TPSA) is 102 Å². The maximum atomic E-state index is 12.7. The van der Waals surface area contributed by atoms with E-state index in [0.29, 0.717) is 37.6 Å². The highest BCUT2D eigenvalue weighted by molar-refractivity contribution is 5.93. The normalized spacial score (nSPS) is 20.1. The average Bonchev–Trinajstić information content (AvgIpc) is 2.93. The number of phenolic OH excluding ortho intramolecular Hbond substituents is 2. The van der Waals surface area contributed by atoms with E-state index in [1.54, 1.807) is 24.3 Å². The van der Waals surface area contributed by atoms with Gasteiger partial charge in [0.15, 0.2) is 0 Å². The first-order valence-electron chi connectivity index (χ1n) is 14.0. The number of rotatable bonds is 11. The van der Waals surface area contributed by atoms with Gasteiger partial charge in [0.25, 0.3) is 0 Å². The van der Waals surface area contributed by atoms with Crippen molar-refractivity contribution in [1.29, 1.82) is 0 Å². The summed E-state index contributed by atoms with van der Waals surface area (Å²) >= 11 is 0. The molecular formula is C31H40O7. The Morgan fingerprint density at radius 3 is 2.24 bits per heavy atom. The van der Waals surface area contributed by atoms with E-state index in [-0.39, 0.29) is 29.2 Å². The van der Waals surface area contributed by atoms with Crippen molar-refractivity contribution in [3.8, 4) is 11.5 Å². The molecule has 2 aliphatic carbocycles. The van der Waals surface area contributed by atoms with Gasteiger partial charge >= 0.3 is 11.9 Å². The number of carbonyl (C=O) groups excluding carboxylic acids is 2. The van der Waals surface area contributed by atoms with Crippen LogP contribution in [0.1, 0.15) is 84.1 Å². The Morgan fingerprint density at radius 2 is 1.42 bits per heavy atom. The first-order chi connectivity index (χ1) is 18.5. The largest absolute Gasteiger partial charge is 0.507 e. The van der Waals surface area contributed by atoms with Gasteiger partial charge in [-0.15, -0.1) is 0 Å². The third-order valence-electron chi connectivity index (χ3n) is 7.81. The van der Waals surface area contributed by atoms with Gasteiger partial charge in [-0.05, 0) is 79.7 Å². The molecule has 2 aliphatic rings. The van der Waals surface area contributed by atoms with Crippen molar-refractivity contribution in [3.63, 3.8) is 0 Å². The second-order valence-electron chi connectivity index (χ2n) is 10.8. The van der Waals surface area contributed by atoms with E-state index >= 15 is 0 Å². The third-order valence-corrected chi connectivity index (χ3v) is 7.81. The molecule has 2 aromatic rings. The minimum Gasteiger partial charge on any atom is -0.507 e. The molecule has 7 nitrogen and oxygen atoms in total. The molecule has 2 N–H and O–H groups in total. The predicted molar refractivity (Wildman–Crippen MR) is 143 cm³/mol. The molecule has 0 saturated heterocycles. The maximum absolute atomic E-state index is 12.7. The Bertz CT molecular complexity index is 1060. The fourth-order valence-electron chi connectivity index (χ4n) is 5.74. The Hall–Kier alpha value is -3.06. The van der Waals surface area contributed by atoms with Crippen LogP contribution in [0, 0.1) is 17.8 Å². The van der Waals surface area contributed by atoms with Crippen LogP contribution in [0.4, 0.5) is 0 Å². The summed E-state index contributed by atoms with van der Waals surface area (Å²) in [6, 6.07) is 11.6. The molecule has 4 rings (SSSR count). The lowest BCUT2D eigenvalue weighted by Gasteiger charge is -2.29. The zero-order valence-electron chi connectivity index (χ0n) is 22.1. The Kier molecular flexibility index (Phi) is 10.4. The maximum Gasteiger partial charge on any atom is 0.341 e. The van der Waals surface area contributed by atoms with Gasteiger partial charge in [0.2, 0.25) is 0 Å². The second-order valence-corrected chi connectivity index (χ2v) is 10.8. The highest BCUT2D eigenvalue weighted by Gasteiger charge is 2.24. The number of esters is 2. The van der Waals surface area contributed by atoms with Crippen molar-refractivity contribution in [2.45, 2.75) is 64.2 Å². The molecule has 38 heavy (non-hydrogen) atoms. The molecular weight excluding hydrogens is 484 g/mol. The lowest BCUT2D eigenvalue weighted by molar-refractivity contribution is 0.0202. The minimum atomic E-state index is -0.560. The van der Waals surface area contributed by atoms with Gasteiger partial charge in [-0.25, -0.2) is 9.59 Å². The molecule has 0 spiro atoms. The van der Waals surface area contributed by atoms with Crippen molar-refractivity contribution >= 4 is 11.9 Å². The van der Waals surface area contributed by atoms with Gasteiger partial charge < -0.3 is 24.4 Å². The van der Waals surface area contributed by atoms with Crippen molar-refractivity contribution in [2.24, 2.45) is 17.8 Å². The molecule has 0 bridgehead atoms. The summed E-state index contributed by atoms with van der Waals surface area (Å²) in [7, 11) is 0. The zero-order valence-corrected chi connectivity index (χ0v) is 22.1. The van der Waals surface area contributed by atoms with E-state index in [0.717, 1.165) is 50.5 Å². The number of carbonyl (C=O) groups is 2. The molecule has 2 aromatic carbocycles. The quantitative estimate of drug-likeness (QED) is 0.272. The minimum absolute atomic E-state index is 0.0273. The molecule has 0 radical (unpaired) electrons. The van der Waals surface area contributed by atoms with Gasteiger partial charge in [-0.2, -0.15) is 0 Å². The van der Waals surface area contributed by atoms with Gasteiger partial charge in [0.1, 0.15) is 29.2 Å². The molecule has 0 aromatic heterocycles. The summed E-state index contributed by atoms with van der Waals surface area (Å²) in [6.07, 6.45) is 11.1. The van der Waals surface area contributed by atoms with Crippen LogP contribution in [0.5, 0.6) is 11.5 Å². The van der Waals surface area contributed by atoms with Gasteiger partial charge in [0.05, 0.1) is 13.2 Å². The van der Waals surface area contributed by atoms with E-state index < -0.39 is 11.9 Å². The van der Waals surface area contributed by atoms with E-state index in [4.69, 9.17) is 14.2 Å². The molecule has 2 fully saturated rings. The van der Waals surface area contributed by atoms with E-state index in [2.05, 4.69) is 0 Å². The van der Waals surface area contributed by atoms with Crippen LogP contribution < -0.4 is 0 Å². The fraction of sp³-hybridized carbons (Fsp3) is 0.548. The standard InChI is InChI=1S/C31H40O7/c32-28-12-5-4-11-26(28)30(34)37-16-15-36-20-25-10-6-9-23(18-25)17-24-13-14-29(33)27(19-24)31(35)38-21-22-7-2-1-3-8-22/h4-5,11-14,19,22-23,25,32-33H,1-3,6-10,15-18,20-21H2. The summed E-state index contributed by atoms with van der Waals surface area (Å²) in [5, 5.41) is 20.0. The lowest BCUT2D eigenvalue weighted by Crippen LogP contribution is -2.22. The number of ether oxygens (including phenoxy) is 3. The molecule has 0 amide bonds. The molecule has 0 heterocycles. The first kappa shape index (κ1) is 28.0.